The van der Waals surface area contributed by atoms with Crippen LogP contribution in [-0.4, -0.2) is 28.4 Å². The molecule has 1 amide bonds. The van der Waals surface area contributed by atoms with Crippen molar-refractivity contribution in [3.8, 4) is 17.0 Å². The molecule has 0 unspecified atom stereocenters. The van der Waals surface area contributed by atoms with Gasteiger partial charge in [-0.2, -0.15) is 0 Å². The van der Waals surface area contributed by atoms with E-state index in [0.29, 0.717) is 13.2 Å². The van der Waals surface area contributed by atoms with E-state index >= 15 is 0 Å². The van der Waals surface area contributed by atoms with Crippen LogP contribution in [-0.2, 0) is 13.0 Å². The third-order valence-corrected chi connectivity index (χ3v) is 6.29. The maximum Gasteiger partial charge on any atom is 0.326 e. The van der Waals surface area contributed by atoms with Crippen LogP contribution in [0.5, 0.6) is 5.75 Å². The molecule has 0 bridgehead atoms. The fourth-order valence-corrected chi connectivity index (χ4v) is 3.99. The van der Waals surface area contributed by atoms with Gasteiger partial charge in [0.1, 0.15) is 18.7 Å². The molecule has 1 N–H and O–H groups in total. The largest absolute Gasteiger partial charge is 0.489 e. The van der Waals surface area contributed by atoms with Crippen LogP contribution >= 0.6 is 11.8 Å². The molecule has 0 aliphatic rings. The van der Waals surface area contributed by atoms with E-state index in [1.54, 1.807) is 24.3 Å². The molecule has 0 spiro atoms. The Kier molecular flexibility index (Phi) is 8.41. The average Bonchev–Trinajstić information content (AvgIpc) is 3.39. The van der Waals surface area contributed by atoms with Gasteiger partial charge in [0, 0.05) is 23.2 Å². The molecule has 174 valence electrons. The molecule has 0 aliphatic carbocycles. The number of thioether (sulfide) groups is 1. The van der Waals surface area contributed by atoms with Crippen LogP contribution in [0.15, 0.2) is 96.3 Å². The van der Waals surface area contributed by atoms with Crippen molar-refractivity contribution in [1.82, 2.24) is 14.9 Å². The third kappa shape index (κ3) is 6.75. The topological polar surface area (TPSA) is 56.1 Å². The Bertz CT molecular complexity index is 1170. The predicted molar refractivity (Wildman–Crippen MR) is 138 cm³/mol. The second-order valence-electron chi connectivity index (χ2n) is 8.00. The second-order valence-corrected chi connectivity index (χ2v) is 8.88. The van der Waals surface area contributed by atoms with Gasteiger partial charge in [-0.3, -0.25) is 4.57 Å². The van der Waals surface area contributed by atoms with Crippen molar-refractivity contribution in [2.24, 2.45) is 0 Å². The lowest BCUT2D eigenvalue weighted by molar-refractivity contribution is 0.242. The van der Waals surface area contributed by atoms with Gasteiger partial charge in [0.25, 0.3) is 0 Å². The summed E-state index contributed by atoms with van der Waals surface area (Å²) in [6.45, 7) is 1.17. The van der Waals surface area contributed by atoms with Crippen LogP contribution in [0.4, 0.5) is 4.79 Å². The molecular weight excluding hydrogens is 442 g/mol. The van der Waals surface area contributed by atoms with Gasteiger partial charge in [0.15, 0.2) is 0 Å². The maximum atomic E-state index is 12.4. The summed E-state index contributed by atoms with van der Waals surface area (Å²) in [7, 11) is 0. The molecule has 34 heavy (non-hydrogen) atoms. The van der Waals surface area contributed by atoms with E-state index in [0.717, 1.165) is 41.8 Å². The zero-order valence-electron chi connectivity index (χ0n) is 19.3. The number of aromatic nitrogens is 2. The minimum atomic E-state index is -0.161. The fourth-order valence-electron chi connectivity index (χ4n) is 3.58. The first-order valence-corrected chi connectivity index (χ1v) is 12.7. The first-order chi connectivity index (χ1) is 16.7. The van der Waals surface area contributed by atoms with Crippen molar-refractivity contribution in [3.63, 3.8) is 0 Å². The summed E-state index contributed by atoms with van der Waals surface area (Å²) in [6, 6.07) is 26.4. The maximum absolute atomic E-state index is 12.4. The van der Waals surface area contributed by atoms with E-state index in [2.05, 4.69) is 65.1 Å². The van der Waals surface area contributed by atoms with Crippen molar-refractivity contribution >= 4 is 17.8 Å². The highest BCUT2D eigenvalue weighted by atomic mass is 32.2. The van der Waals surface area contributed by atoms with Gasteiger partial charge in [-0.1, -0.05) is 42.5 Å². The predicted octanol–water partition coefficient (Wildman–Crippen LogP) is 6.43. The van der Waals surface area contributed by atoms with E-state index in [1.807, 2.05) is 30.3 Å². The highest BCUT2D eigenvalue weighted by Gasteiger charge is 2.08. The number of amides is 1. The normalized spacial score (nSPS) is 10.7. The van der Waals surface area contributed by atoms with Crippen molar-refractivity contribution < 1.29 is 9.53 Å². The lowest BCUT2D eigenvalue weighted by atomic mass is 10.1. The Balaban J connectivity index is 1.22. The highest BCUT2D eigenvalue weighted by molar-refractivity contribution is 7.98. The first-order valence-electron chi connectivity index (χ1n) is 11.4. The number of carbonyl (C=O) groups excluding carboxylic acids is 1. The summed E-state index contributed by atoms with van der Waals surface area (Å²) in [4.78, 5) is 18.1. The number of hydrogen-bond donors (Lipinski definition) is 1. The number of benzene rings is 3. The van der Waals surface area contributed by atoms with Gasteiger partial charge in [-0.05, 0) is 73.0 Å². The smallest absolute Gasteiger partial charge is 0.326 e. The Morgan fingerprint density at radius 3 is 2.44 bits per heavy atom. The van der Waals surface area contributed by atoms with E-state index in [4.69, 9.17) is 4.74 Å². The number of hydrogen-bond acceptors (Lipinski definition) is 4. The van der Waals surface area contributed by atoms with E-state index in [9.17, 15) is 4.79 Å². The van der Waals surface area contributed by atoms with Gasteiger partial charge in [-0.25, -0.2) is 9.78 Å². The summed E-state index contributed by atoms with van der Waals surface area (Å²) in [5, 5.41) is 2.96. The summed E-state index contributed by atoms with van der Waals surface area (Å²) in [6.07, 6.45) is 8.37. The quantitative estimate of drug-likeness (QED) is 0.214. The molecule has 0 saturated carbocycles. The lowest BCUT2D eigenvalue weighted by Crippen LogP contribution is -2.28. The Labute approximate surface area is 205 Å². The van der Waals surface area contributed by atoms with Crippen molar-refractivity contribution in [2.45, 2.75) is 30.8 Å². The minimum absolute atomic E-state index is 0.161. The van der Waals surface area contributed by atoms with Crippen LogP contribution in [0.3, 0.4) is 0 Å². The Hall–Kier alpha value is -3.51. The van der Waals surface area contributed by atoms with Gasteiger partial charge >= 0.3 is 6.03 Å². The van der Waals surface area contributed by atoms with Crippen LogP contribution in [0, 0.1) is 0 Å². The van der Waals surface area contributed by atoms with Crippen LogP contribution in [0.25, 0.3) is 11.3 Å². The summed E-state index contributed by atoms with van der Waals surface area (Å²) in [5.41, 5.74) is 4.14. The molecule has 0 fully saturated rings. The van der Waals surface area contributed by atoms with Gasteiger partial charge in [0.05, 0.1) is 5.69 Å². The summed E-state index contributed by atoms with van der Waals surface area (Å²) < 4.78 is 7.39. The number of ether oxygens (including phenoxy) is 1. The number of rotatable bonds is 10. The van der Waals surface area contributed by atoms with Crippen molar-refractivity contribution in [3.05, 3.63) is 103 Å². The Morgan fingerprint density at radius 2 is 1.71 bits per heavy atom. The van der Waals surface area contributed by atoms with Crippen LogP contribution in [0.1, 0.15) is 24.0 Å². The molecule has 4 rings (SSSR count). The number of imidazole rings is 1. The molecule has 5 nitrogen and oxygen atoms in total. The fraction of sp³-hybridized carbons (Fsp3) is 0.214. The Morgan fingerprint density at radius 1 is 0.941 bits per heavy atom. The second kappa shape index (κ2) is 12.1. The molecule has 1 heterocycles. The first kappa shape index (κ1) is 23.6. The van der Waals surface area contributed by atoms with Crippen LogP contribution in [0.2, 0.25) is 0 Å². The van der Waals surface area contributed by atoms with E-state index in [-0.39, 0.29) is 6.03 Å². The highest BCUT2D eigenvalue weighted by Crippen LogP contribution is 2.22. The van der Waals surface area contributed by atoms with Crippen molar-refractivity contribution in [2.75, 3.05) is 12.8 Å². The SMILES string of the molecule is CSc1ccc(COc2ccc(-c3cn(C(=O)NCCCCc4ccccc4)cn3)cc2)cc1. The number of nitrogens with one attached hydrogen (secondary N) is 1. The summed E-state index contributed by atoms with van der Waals surface area (Å²) >= 11 is 1.73. The third-order valence-electron chi connectivity index (χ3n) is 5.54. The van der Waals surface area contributed by atoms with Gasteiger partial charge in [-0.15, -0.1) is 11.8 Å². The van der Waals surface area contributed by atoms with Crippen LogP contribution < -0.4 is 10.1 Å². The molecule has 6 heteroatoms. The van der Waals surface area contributed by atoms with E-state index in [1.165, 1.54) is 15.0 Å². The average molecular weight is 472 g/mol. The molecule has 4 aromatic rings. The molecule has 0 aliphatic heterocycles. The summed E-state index contributed by atoms with van der Waals surface area (Å²) in [5.74, 6) is 0.797. The minimum Gasteiger partial charge on any atom is -0.489 e. The number of carbonyl (C=O) groups is 1. The van der Waals surface area contributed by atoms with Gasteiger partial charge in [0.2, 0.25) is 0 Å². The number of aryl methyl sites for hydroxylation is 1. The van der Waals surface area contributed by atoms with E-state index < -0.39 is 0 Å². The zero-order chi connectivity index (χ0) is 23.6. The molecular formula is C28H29N3O2S. The lowest BCUT2D eigenvalue weighted by Gasteiger charge is -2.07. The zero-order valence-corrected chi connectivity index (χ0v) is 20.1. The molecule has 1 aromatic heterocycles. The molecule has 3 aromatic carbocycles. The molecule has 0 radical (unpaired) electrons. The number of unbranched alkanes of at least 4 members (excludes halogenated alkanes) is 1. The monoisotopic (exact) mass is 471 g/mol. The van der Waals surface area contributed by atoms with Crippen molar-refractivity contribution in [1.29, 1.82) is 0 Å². The van der Waals surface area contributed by atoms with Gasteiger partial charge < -0.3 is 10.1 Å². The molecule has 0 atom stereocenters. The number of nitrogens with zero attached hydrogens (tertiary/aromatic N) is 2. The standard InChI is InChI=1S/C28H29N3O2S/c1-34-26-16-10-23(11-17-26)20-33-25-14-12-24(13-15-25)27-19-31(21-30-27)28(32)29-18-6-5-9-22-7-3-2-4-8-22/h2-4,7-8,10-17,19,21H,5-6,9,18,20H2,1H3,(H,29,32). The molecule has 0 saturated heterocycles.